The number of hydrogen-bond donors (Lipinski definition) is 1. The van der Waals surface area contributed by atoms with Gasteiger partial charge in [0.05, 0.1) is 10.7 Å². The van der Waals surface area contributed by atoms with Crippen LogP contribution in [0.15, 0.2) is 23.6 Å². The van der Waals surface area contributed by atoms with Crippen LogP contribution in [0.4, 0.5) is 0 Å². The average molecular weight is 262 g/mol. The van der Waals surface area contributed by atoms with Crippen LogP contribution in [0, 0.1) is 13.8 Å². The normalized spacial score (nSPS) is 12.4. The number of rotatable bonds is 4. The maximum Gasteiger partial charge on any atom is 0.131 e. The number of nitrogens with zero attached hydrogens (tertiary/aromatic N) is 1. The van der Waals surface area contributed by atoms with E-state index >= 15 is 0 Å². The summed E-state index contributed by atoms with van der Waals surface area (Å²) in [7, 11) is 0. The summed E-state index contributed by atoms with van der Waals surface area (Å²) < 4.78 is 5.82. The third-order valence-electron chi connectivity index (χ3n) is 2.70. The molecule has 1 heterocycles. The molecule has 0 saturated heterocycles. The molecule has 0 aliphatic rings. The van der Waals surface area contributed by atoms with Crippen molar-refractivity contribution in [2.24, 2.45) is 5.73 Å². The molecule has 1 atom stereocenters. The topological polar surface area (TPSA) is 48.1 Å². The third kappa shape index (κ3) is 3.09. The first-order valence-corrected chi connectivity index (χ1v) is 6.84. The molecule has 0 saturated carbocycles. The standard InChI is InChI=1S/C14H18N2OS/c1-9-4-5-14(13(6-9)10(2)15)17-7-12-8-18-11(3)16-12/h4-6,8,10H,7,15H2,1-3H3/t10-/m0/s1. The van der Waals surface area contributed by atoms with Gasteiger partial charge < -0.3 is 10.5 Å². The molecule has 0 amide bonds. The molecule has 0 spiro atoms. The Labute approximate surface area is 112 Å². The number of ether oxygens (including phenoxy) is 1. The summed E-state index contributed by atoms with van der Waals surface area (Å²) in [5, 5.41) is 3.08. The Morgan fingerprint density at radius 1 is 1.39 bits per heavy atom. The van der Waals surface area contributed by atoms with Gasteiger partial charge in [-0.05, 0) is 26.8 Å². The van der Waals surface area contributed by atoms with Gasteiger partial charge >= 0.3 is 0 Å². The van der Waals surface area contributed by atoms with Gasteiger partial charge in [0, 0.05) is 17.0 Å². The molecular formula is C14H18N2OS. The molecule has 2 rings (SSSR count). The summed E-state index contributed by atoms with van der Waals surface area (Å²) in [6.07, 6.45) is 0. The molecule has 96 valence electrons. The fourth-order valence-electron chi connectivity index (χ4n) is 1.78. The maximum absolute atomic E-state index is 5.96. The van der Waals surface area contributed by atoms with Gasteiger partial charge in [-0.1, -0.05) is 17.7 Å². The van der Waals surface area contributed by atoms with E-state index < -0.39 is 0 Å². The fourth-order valence-corrected chi connectivity index (χ4v) is 2.38. The van der Waals surface area contributed by atoms with E-state index in [0.29, 0.717) is 6.61 Å². The molecule has 4 heteroatoms. The minimum atomic E-state index is -0.0305. The van der Waals surface area contributed by atoms with Crippen LogP contribution >= 0.6 is 11.3 Å². The summed E-state index contributed by atoms with van der Waals surface area (Å²) in [4.78, 5) is 4.38. The van der Waals surface area contributed by atoms with Crippen molar-refractivity contribution in [3.05, 3.63) is 45.4 Å². The van der Waals surface area contributed by atoms with E-state index in [0.717, 1.165) is 22.0 Å². The SMILES string of the molecule is Cc1ccc(OCc2csc(C)n2)c([C@H](C)N)c1. The summed E-state index contributed by atoms with van der Waals surface area (Å²) in [5.41, 5.74) is 9.17. The van der Waals surface area contributed by atoms with Crippen molar-refractivity contribution in [3.8, 4) is 5.75 Å². The number of benzene rings is 1. The molecule has 0 aliphatic heterocycles. The number of aryl methyl sites for hydroxylation is 2. The molecule has 18 heavy (non-hydrogen) atoms. The Bertz CT molecular complexity index is 534. The van der Waals surface area contributed by atoms with E-state index in [4.69, 9.17) is 10.5 Å². The van der Waals surface area contributed by atoms with Crippen molar-refractivity contribution < 1.29 is 4.74 Å². The summed E-state index contributed by atoms with van der Waals surface area (Å²) in [6, 6.07) is 6.06. The van der Waals surface area contributed by atoms with E-state index in [1.165, 1.54) is 5.56 Å². The Morgan fingerprint density at radius 2 is 2.17 bits per heavy atom. The van der Waals surface area contributed by atoms with E-state index in [2.05, 4.69) is 18.0 Å². The van der Waals surface area contributed by atoms with Crippen LogP contribution < -0.4 is 10.5 Å². The first-order chi connectivity index (χ1) is 8.56. The van der Waals surface area contributed by atoms with Crippen LogP contribution in [0.2, 0.25) is 0 Å². The van der Waals surface area contributed by atoms with E-state index in [-0.39, 0.29) is 6.04 Å². The van der Waals surface area contributed by atoms with Gasteiger partial charge in [-0.3, -0.25) is 0 Å². The van der Waals surface area contributed by atoms with Crippen molar-refractivity contribution in [2.75, 3.05) is 0 Å². The van der Waals surface area contributed by atoms with Gasteiger partial charge in [0.15, 0.2) is 0 Å². The van der Waals surface area contributed by atoms with Crippen LogP contribution in [0.5, 0.6) is 5.75 Å². The van der Waals surface area contributed by atoms with Gasteiger partial charge in [0.2, 0.25) is 0 Å². The number of nitrogens with two attached hydrogens (primary N) is 1. The average Bonchev–Trinajstić information content (AvgIpc) is 2.73. The Balaban J connectivity index is 2.13. The summed E-state index contributed by atoms with van der Waals surface area (Å²) >= 11 is 1.64. The lowest BCUT2D eigenvalue weighted by molar-refractivity contribution is 0.297. The Kier molecular flexibility index (Phi) is 3.99. The monoisotopic (exact) mass is 262 g/mol. The fraction of sp³-hybridized carbons (Fsp3) is 0.357. The van der Waals surface area contributed by atoms with Crippen molar-refractivity contribution in [1.82, 2.24) is 4.98 Å². The number of hydrogen-bond acceptors (Lipinski definition) is 4. The zero-order valence-corrected chi connectivity index (χ0v) is 11.8. The van der Waals surface area contributed by atoms with Crippen LogP contribution in [-0.2, 0) is 6.61 Å². The Hall–Kier alpha value is -1.39. The first kappa shape index (κ1) is 13.1. The second-order valence-electron chi connectivity index (χ2n) is 4.48. The van der Waals surface area contributed by atoms with Gasteiger partial charge in [0.25, 0.3) is 0 Å². The van der Waals surface area contributed by atoms with Gasteiger partial charge in [-0.2, -0.15) is 0 Å². The lowest BCUT2D eigenvalue weighted by Crippen LogP contribution is -2.08. The zero-order chi connectivity index (χ0) is 13.1. The second-order valence-corrected chi connectivity index (χ2v) is 5.54. The molecule has 1 aromatic heterocycles. The predicted molar refractivity (Wildman–Crippen MR) is 75.0 cm³/mol. The Morgan fingerprint density at radius 3 is 2.78 bits per heavy atom. The second kappa shape index (κ2) is 5.50. The molecule has 0 aliphatic carbocycles. The quantitative estimate of drug-likeness (QED) is 0.919. The minimum Gasteiger partial charge on any atom is -0.487 e. The van der Waals surface area contributed by atoms with E-state index in [9.17, 15) is 0 Å². The lowest BCUT2D eigenvalue weighted by Gasteiger charge is -2.14. The highest BCUT2D eigenvalue weighted by Crippen LogP contribution is 2.26. The largest absolute Gasteiger partial charge is 0.487 e. The highest BCUT2D eigenvalue weighted by atomic mass is 32.1. The van der Waals surface area contributed by atoms with Gasteiger partial charge in [-0.15, -0.1) is 11.3 Å². The van der Waals surface area contributed by atoms with Crippen molar-refractivity contribution in [2.45, 2.75) is 33.4 Å². The third-order valence-corrected chi connectivity index (χ3v) is 3.52. The maximum atomic E-state index is 5.96. The van der Waals surface area contributed by atoms with Crippen LogP contribution in [-0.4, -0.2) is 4.98 Å². The molecule has 1 aromatic carbocycles. The van der Waals surface area contributed by atoms with Gasteiger partial charge in [0.1, 0.15) is 12.4 Å². The number of thiazole rings is 1. The highest BCUT2D eigenvalue weighted by molar-refractivity contribution is 7.09. The highest BCUT2D eigenvalue weighted by Gasteiger charge is 2.09. The smallest absolute Gasteiger partial charge is 0.131 e. The van der Waals surface area contributed by atoms with Crippen LogP contribution in [0.25, 0.3) is 0 Å². The van der Waals surface area contributed by atoms with Gasteiger partial charge in [-0.25, -0.2) is 4.98 Å². The molecule has 0 fully saturated rings. The summed E-state index contributed by atoms with van der Waals surface area (Å²) in [5.74, 6) is 0.848. The van der Waals surface area contributed by atoms with Crippen LogP contribution in [0.1, 0.15) is 34.8 Å². The molecule has 0 radical (unpaired) electrons. The minimum absolute atomic E-state index is 0.0305. The predicted octanol–water partition coefficient (Wildman–Crippen LogP) is 3.36. The van der Waals surface area contributed by atoms with Crippen LogP contribution in [0.3, 0.4) is 0 Å². The lowest BCUT2D eigenvalue weighted by atomic mass is 10.1. The molecule has 2 N–H and O–H groups in total. The molecule has 2 aromatic rings. The van der Waals surface area contributed by atoms with E-state index in [1.54, 1.807) is 11.3 Å². The summed E-state index contributed by atoms with van der Waals surface area (Å²) in [6.45, 7) is 6.51. The van der Waals surface area contributed by atoms with Crippen molar-refractivity contribution in [3.63, 3.8) is 0 Å². The van der Waals surface area contributed by atoms with Crippen molar-refractivity contribution >= 4 is 11.3 Å². The number of aromatic nitrogens is 1. The molecule has 3 nitrogen and oxygen atoms in total. The van der Waals surface area contributed by atoms with Crippen molar-refractivity contribution in [1.29, 1.82) is 0 Å². The first-order valence-electron chi connectivity index (χ1n) is 5.96. The zero-order valence-electron chi connectivity index (χ0n) is 10.9. The molecule has 0 bridgehead atoms. The molecule has 0 unspecified atom stereocenters. The van der Waals surface area contributed by atoms with E-state index in [1.807, 2.05) is 31.4 Å². The molecular weight excluding hydrogens is 244 g/mol.